The van der Waals surface area contributed by atoms with Gasteiger partial charge in [0, 0.05) is 17.1 Å². The number of hydrogen-bond donors (Lipinski definition) is 2. The quantitative estimate of drug-likeness (QED) is 0.872. The summed E-state index contributed by atoms with van der Waals surface area (Å²) in [5.74, 6) is 0.279. The number of nitrogens with two attached hydrogens (primary N) is 1. The van der Waals surface area contributed by atoms with Gasteiger partial charge in [0.15, 0.2) is 0 Å². The smallest absolute Gasteiger partial charge is 0.257 e. The van der Waals surface area contributed by atoms with Crippen LogP contribution in [0.3, 0.4) is 0 Å². The van der Waals surface area contributed by atoms with Crippen LogP contribution in [0, 0.1) is 5.92 Å². The van der Waals surface area contributed by atoms with Gasteiger partial charge in [-0.25, -0.2) is 0 Å². The number of hydrogen-bond acceptors (Lipinski definition) is 3. The Morgan fingerprint density at radius 3 is 2.76 bits per heavy atom. The van der Waals surface area contributed by atoms with Crippen molar-refractivity contribution in [3.05, 3.63) is 28.2 Å². The van der Waals surface area contributed by atoms with E-state index in [1.54, 1.807) is 18.2 Å². The number of phenolic OH excluding ortho intramolecular Hbond substituents is 1. The van der Waals surface area contributed by atoms with Crippen molar-refractivity contribution in [3.63, 3.8) is 0 Å². The molecule has 1 saturated carbocycles. The summed E-state index contributed by atoms with van der Waals surface area (Å²) in [4.78, 5) is 14.7. The number of halogens is 1. The SMILES string of the molecule is CCN(C(=O)c1ccc(Br)cc1O)C1CCCCC1CN. The molecule has 1 aromatic rings. The third-order valence-corrected chi connectivity index (χ3v) is 4.86. The molecule has 1 aliphatic carbocycles. The van der Waals surface area contributed by atoms with Gasteiger partial charge >= 0.3 is 0 Å². The lowest BCUT2D eigenvalue weighted by atomic mass is 9.83. The molecular weight excluding hydrogens is 332 g/mol. The molecular formula is C16H23BrN2O2. The first kappa shape index (κ1) is 16.3. The Labute approximate surface area is 134 Å². The maximum absolute atomic E-state index is 12.8. The summed E-state index contributed by atoms with van der Waals surface area (Å²) in [5, 5.41) is 10.0. The summed E-state index contributed by atoms with van der Waals surface area (Å²) in [6, 6.07) is 5.19. The molecule has 1 amide bonds. The maximum atomic E-state index is 12.8. The van der Waals surface area contributed by atoms with Crippen LogP contribution >= 0.6 is 15.9 Å². The van der Waals surface area contributed by atoms with Gasteiger partial charge in [-0.15, -0.1) is 0 Å². The van der Waals surface area contributed by atoms with E-state index in [0.29, 0.717) is 24.6 Å². The highest BCUT2D eigenvalue weighted by atomic mass is 79.9. The summed E-state index contributed by atoms with van der Waals surface area (Å²) in [5.41, 5.74) is 6.24. The van der Waals surface area contributed by atoms with Crippen LogP contribution in [0.25, 0.3) is 0 Å². The minimum Gasteiger partial charge on any atom is -0.507 e. The van der Waals surface area contributed by atoms with E-state index in [4.69, 9.17) is 5.73 Å². The topological polar surface area (TPSA) is 66.6 Å². The van der Waals surface area contributed by atoms with E-state index in [9.17, 15) is 9.90 Å². The fourth-order valence-electron chi connectivity index (χ4n) is 3.24. The molecule has 2 unspecified atom stereocenters. The van der Waals surface area contributed by atoms with Crippen LogP contribution in [-0.2, 0) is 0 Å². The molecule has 0 aromatic heterocycles. The zero-order chi connectivity index (χ0) is 15.4. The molecule has 0 aliphatic heterocycles. The molecule has 0 spiro atoms. The van der Waals surface area contributed by atoms with Crippen LogP contribution in [0.1, 0.15) is 43.0 Å². The zero-order valence-electron chi connectivity index (χ0n) is 12.4. The molecule has 0 saturated heterocycles. The number of carbonyl (C=O) groups excluding carboxylic acids is 1. The molecule has 1 aliphatic rings. The molecule has 5 heteroatoms. The summed E-state index contributed by atoms with van der Waals surface area (Å²) in [6.45, 7) is 3.23. The Bertz CT molecular complexity index is 507. The van der Waals surface area contributed by atoms with Gasteiger partial charge in [0.1, 0.15) is 5.75 Å². The van der Waals surface area contributed by atoms with Gasteiger partial charge in [-0.2, -0.15) is 0 Å². The fraction of sp³-hybridized carbons (Fsp3) is 0.562. The molecule has 21 heavy (non-hydrogen) atoms. The Hall–Kier alpha value is -1.07. The van der Waals surface area contributed by atoms with E-state index in [1.165, 1.54) is 6.42 Å². The average molecular weight is 355 g/mol. The van der Waals surface area contributed by atoms with Gasteiger partial charge in [-0.1, -0.05) is 28.8 Å². The Kier molecular flexibility index (Phi) is 5.65. The minimum absolute atomic E-state index is 0.0212. The van der Waals surface area contributed by atoms with Crippen molar-refractivity contribution in [1.29, 1.82) is 0 Å². The number of nitrogens with zero attached hydrogens (tertiary/aromatic N) is 1. The van der Waals surface area contributed by atoms with E-state index in [1.807, 2.05) is 11.8 Å². The summed E-state index contributed by atoms with van der Waals surface area (Å²) in [7, 11) is 0. The highest BCUT2D eigenvalue weighted by molar-refractivity contribution is 9.10. The van der Waals surface area contributed by atoms with Crippen LogP contribution in [0.15, 0.2) is 22.7 Å². The number of carbonyl (C=O) groups is 1. The molecule has 116 valence electrons. The highest BCUT2D eigenvalue weighted by Gasteiger charge is 2.32. The lowest BCUT2D eigenvalue weighted by molar-refractivity contribution is 0.0557. The van der Waals surface area contributed by atoms with Gasteiger partial charge in [0.2, 0.25) is 0 Å². The third kappa shape index (κ3) is 3.58. The predicted molar refractivity (Wildman–Crippen MR) is 87.3 cm³/mol. The number of amides is 1. The van der Waals surface area contributed by atoms with E-state index in [2.05, 4.69) is 15.9 Å². The second-order valence-corrected chi connectivity index (χ2v) is 6.52. The molecule has 3 N–H and O–H groups in total. The lowest BCUT2D eigenvalue weighted by Gasteiger charge is -2.39. The van der Waals surface area contributed by atoms with Crippen molar-refractivity contribution in [3.8, 4) is 5.75 Å². The van der Waals surface area contributed by atoms with Gasteiger partial charge in [0.25, 0.3) is 5.91 Å². The molecule has 0 radical (unpaired) electrons. The van der Waals surface area contributed by atoms with Gasteiger partial charge in [-0.3, -0.25) is 4.79 Å². The monoisotopic (exact) mass is 354 g/mol. The first-order chi connectivity index (χ1) is 10.1. The normalized spacial score (nSPS) is 22.0. The minimum atomic E-state index is -0.104. The number of phenols is 1. The van der Waals surface area contributed by atoms with Gasteiger partial charge < -0.3 is 15.7 Å². The summed E-state index contributed by atoms with van der Waals surface area (Å²) >= 11 is 3.30. The van der Waals surface area contributed by atoms with Crippen molar-refractivity contribution in [2.24, 2.45) is 11.7 Å². The van der Waals surface area contributed by atoms with Crippen LogP contribution in [0.2, 0.25) is 0 Å². The largest absolute Gasteiger partial charge is 0.507 e. The maximum Gasteiger partial charge on any atom is 0.257 e. The Morgan fingerprint density at radius 2 is 2.14 bits per heavy atom. The van der Waals surface area contributed by atoms with Crippen molar-refractivity contribution in [2.75, 3.05) is 13.1 Å². The summed E-state index contributed by atoms with van der Waals surface area (Å²) in [6.07, 6.45) is 4.40. The molecule has 1 fully saturated rings. The predicted octanol–water partition coefficient (Wildman–Crippen LogP) is 3.13. The van der Waals surface area contributed by atoms with Crippen molar-refractivity contribution in [1.82, 2.24) is 4.90 Å². The van der Waals surface area contributed by atoms with Crippen LogP contribution in [0.4, 0.5) is 0 Å². The molecule has 0 heterocycles. The average Bonchev–Trinajstić information content (AvgIpc) is 2.48. The van der Waals surface area contributed by atoms with E-state index < -0.39 is 0 Å². The molecule has 4 nitrogen and oxygen atoms in total. The van der Waals surface area contributed by atoms with Crippen LogP contribution < -0.4 is 5.73 Å². The van der Waals surface area contributed by atoms with E-state index in [0.717, 1.165) is 23.7 Å². The Morgan fingerprint density at radius 1 is 1.43 bits per heavy atom. The van der Waals surface area contributed by atoms with E-state index in [-0.39, 0.29) is 17.7 Å². The number of aromatic hydroxyl groups is 1. The number of benzene rings is 1. The lowest BCUT2D eigenvalue weighted by Crippen LogP contribution is -2.48. The van der Waals surface area contributed by atoms with Crippen LogP contribution in [-0.4, -0.2) is 35.0 Å². The zero-order valence-corrected chi connectivity index (χ0v) is 14.0. The second-order valence-electron chi connectivity index (χ2n) is 5.60. The van der Waals surface area contributed by atoms with E-state index >= 15 is 0 Å². The molecule has 2 rings (SSSR count). The summed E-state index contributed by atoms with van der Waals surface area (Å²) < 4.78 is 0.761. The molecule has 2 atom stereocenters. The second kappa shape index (κ2) is 7.27. The van der Waals surface area contributed by atoms with Crippen LogP contribution in [0.5, 0.6) is 5.75 Å². The van der Waals surface area contributed by atoms with Crippen molar-refractivity contribution in [2.45, 2.75) is 38.6 Å². The molecule has 1 aromatic carbocycles. The first-order valence-corrected chi connectivity index (χ1v) is 8.37. The first-order valence-electron chi connectivity index (χ1n) is 7.58. The highest BCUT2D eigenvalue weighted by Crippen LogP contribution is 2.30. The fourth-order valence-corrected chi connectivity index (χ4v) is 3.59. The van der Waals surface area contributed by atoms with Crippen molar-refractivity contribution < 1.29 is 9.90 Å². The van der Waals surface area contributed by atoms with Gasteiger partial charge in [0.05, 0.1) is 5.56 Å². The number of rotatable bonds is 4. The molecule has 0 bridgehead atoms. The third-order valence-electron chi connectivity index (χ3n) is 4.36. The van der Waals surface area contributed by atoms with Crippen molar-refractivity contribution >= 4 is 21.8 Å². The standard InChI is InChI=1S/C16H23BrN2O2/c1-2-19(14-6-4-3-5-11(14)10-18)16(21)13-8-7-12(17)9-15(13)20/h7-9,11,14,20H,2-6,10,18H2,1H3. The Balaban J connectivity index is 2.25. The van der Waals surface area contributed by atoms with Gasteiger partial charge in [-0.05, 0) is 50.4 Å².